The Bertz CT molecular complexity index is 614. The number of rotatable bonds is 4. The molecule has 1 saturated heterocycles. The number of halogens is 1. The molecule has 1 unspecified atom stereocenters. The number of aromatic nitrogens is 3. The van der Waals surface area contributed by atoms with Crippen molar-refractivity contribution in [3.05, 3.63) is 48.0 Å². The van der Waals surface area contributed by atoms with Crippen molar-refractivity contribution in [1.82, 2.24) is 19.9 Å². The van der Waals surface area contributed by atoms with Crippen LogP contribution in [-0.4, -0.2) is 38.9 Å². The topological polar surface area (TPSA) is 51.0 Å². The Morgan fingerprint density at radius 1 is 1.29 bits per heavy atom. The maximum atomic E-state index is 13.5. The molecule has 2 heterocycles. The molecule has 3 rings (SSSR count). The molecule has 0 aliphatic carbocycles. The third kappa shape index (κ3) is 3.09. The predicted molar refractivity (Wildman–Crippen MR) is 75.0 cm³/mol. The lowest BCUT2D eigenvalue weighted by molar-refractivity contribution is -0.130. The first kappa shape index (κ1) is 13.7. The van der Waals surface area contributed by atoms with E-state index in [1.807, 2.05) is 4.90 Å². The van der Waals surface area contributed by atoms with Crippen molar-refractivity contribution in [2.45, 2.75) is 25.3 Å². The van der Waals surface area contributed by atoms with Gasteiger partial charge in [-0.05, 0) is 24.5 Å². The first-order valence-electron chi connectivity index (χ1n) is 7.11. The van der Waals surface area contributed by atoms with Gasteiger partial charge in [0.2, 0.25) is 5.91 Å². The SMILES string of the molecule is O=C(CCc1ccccc1F)N1CCC(n2nccn2)C1. The van der Waals surface area contributed by atoms with Crippen LogP contribution in [0.1, 0.15) is 24.4 Å². The van der Waals surface area contributed by atoms with Crippen LogP contribution in [0, 0.1) is 5.82 Å². The standard InChI is InChI=1S/C15H17FN4O/c16-14-4-2-1-3-12(14)5-6-15(21)19-10-7-13(11-19)20-17-8-9-18-20/h1-4,8-9,13H,5-7,10-11H2. The number of carbonyl (C=O) groups excluding carboxylic acids is 1. The Balaban J connectivity index is 1.54. The van der Waals surface area contributed by atoms with Gasteiger partial charge in [-0.15, -0.1) is 0 Å². The molecule has 0 bridgehead atoms. The molecule has 21 heavy (non-hydrogen) atoms. The van der Waals surface area contributed by atoms with Crippen molar-refractivity contribution in [3.63, 3.8) is 0 Å². The predicted octanol–water partition coefficient (Wildman–Crippen LogP) is 1.82. The summed E-state index contributed by atoms with van der Waals surface area (Å²) in [6.07, 6.45) is 4.92. The lowest BCUT2D eigenvalue weighted by atomic mass is 10.1. The van der Waals surface area contributed by atoms with E-state index in [2.05, 4.69) is 10.2 Å². The summed E-state index contributed by atoms with van der Waals surface area (Å²) >= 11 is 0. The maximum Gasteiger partial charge on any atom is 0.222 e. The molecule has 1 fully saturated rings. The summed E-state index contributed by atoms with van der Waals surface area (Å²) in [7, 11) is 0. The minimum Gasteiger partial charge on any atom is -0.340 e. The smallest absolute Gasteiger partial charge is 0.222 e. The average Bonchev–Trinajstić information content (AvgIpc) is 3.16. The second kappa shape index (κ2) is 6.03. The molecule has 6 heteroatoms. The Morgan fingerprint density at radius 2 is 2.05 bits per heavy atom. The summed E-state index contributed by atoms with van der Waals surface area (Å²) in [4.78, 5) is 15.7. The van der Waals surface area contributed by atoms with Crippen LogP contribution in [0.25, 0.3) is 0 Å². The fourth-order valence-electron chi connectivity index (χ4n) is 2.67. The minimum absolute atomic E-state index is 0.0629. The van der Waals surface area contributed by atoms with Gasteiger partial charge in [0.15, 0.2) is 0 Å². The Hall–Kier alpha value is -2.24. The minimum atomic E-state index is -0.245. The van der Waals surface area contributed by atoms with Gasteiger partial charge in [-0.1, -0.05) is 18.2 Å². The van der Waals surface area contributed by atoms with E-state index in [0.717, 1.165) is 6.42 Å². The van der Waals surface area contributed by atoms with E-state index in [4.69, 9.17) is 0 Å². The molecule has 1 aliphatic heterocycles. The molecule has 0 N–H and O–H groups in total. The van der Waals surface area contributed by atoms with Crippen LogP contribution < -0.4 is 0 Å². The number of hydrogen-bond acceptors (Lipinski definition) is 3. The van der Waals surface area contributed by atoms with E-state index in [1.54, 1.807) is 35.4 Å². The molecule has 1 atom stereocenters. The van der Waals surface area contributed by atoms with E-state index < -0.39 is 0 Å². The number of hydrogen-bond donors (Lipinski definition) is 0. The fourth-order valence-corrected chi connectivity index (χ4v) is 2.67. The zero-order chi connectivity index (χ0) is 14.7. The molecule has 0 radical (unpaired) electrons. The number of likely N-dealkylation sites (tertiary alicyclic amines) is 1. The molecule has 5 nitrogen and oxygen atoms in total. The second-order valence-electron chi connectivity index (χ2n) is 5.22. The van der Waals surface area contributed by atoms with E-state index in [1.165, 1.54) is 6.07 Å². The van der Waals surface area contributed by atoms with E-state index in [0.29, 0.717) is 31.5 Å². The largest absolute Gasteiger partial charge is 0.340 e. The molecule has 1 aromatic carbocycles. The zero-order valence-electron chi connectivity index (χ0n) is 11.7. The van der Waals surface area contributed by atoms with Crippen molar-refractivity contribution in [1.29, 1.82) is 0 Å². The monoisotopic (exact) mass is 288 g/mol. The third-order valence-electron chi connectivity index (χ3n) is 3.85. The van der Waals surface area contributed by atoms with Crippen LogP contribution in [0.2, 0.25) is 0 Å². The highest BCUT2D eigenvalue weighted by atomic mass is 19.1. The van der Waals surface area contributed by atoms with Crippen LogP contribution in [-0.2, 0) is 11.2 Å². The van der Waals surface area contributed by atoms with Gasteiger partial charge in [-0.3, -0.25) is 4.79 Å². The van der Waals surface area contributed by atoms with E-state index >= 15 is 0 Å². The van der Waals surface area contributed by atoms with E-state index in [-0.39, 0.29) is 17.8 Å². The molecule has 2 aromatic rings. The number of amides is 1. The molecular formula is C15H17FN4O. The van der Waals surface area contributed by atoms with Crippen molar-refractivity contribution < 1.29 is 9.18 Å². The van der Waals surface area contributed by atoms with Gasteiger partial charge in [0.25, 0.3) is 0 Å². The number of benzene rings is 1. The molecular weight excluding hydrogens is 271 g/mol. The summed E-state index contributed by atoms with van der Waals surface area (Å²) in [5.41, 5.74) is 0.593. The Morgan fingerprint density at radius 3 is 2.81 bits per heavy atom. The van der Waals surface area contributed by atoms with Crippen LogP contribution in [0.15, 0.2) is 36.7 Å². The highest BCUT2D eigenvalue weighted by Gasteiger charge is 2.28. The Kier molecular flexibility index (Phi) is 3.94. The number of nitrogens with zero attached hydrogens (tertiary/aromatic N) is 4. The van der Waals surface area contributed by atoms with Gasteiger partial charge in [0.1, 0.15) is 5.82 Å². The number of carbonyl (C=O) groups is 1. The molecule has 110 valence electrons. The summed E-state index contributed by atoms with van der Waals surface area (Å²) in [5.74, 6) is -0.182. The van der Waals surface area contributed by atoms with Gasteiger partial charge >= 0.3 is 0 Å². The highest BCUT2D eigenvalue weighted by Crippen LogP contribution is 2.21. The fraction of sp³-hybridized carbons (Fsp3) is 0.400. The zero-order valence-corrected chi connectivity index (χ0v) is 11.7. The molecule has 0 spiro atoms. The first-order valence-corrected chi connectivity index (χ1v) is 7.11. The lowest BCUT2D eigenvalue weighted by Gasteiger charge is -2.16. The average molecular weight is 288 g/mol. The normalized spacial score (nSPS) is 18.1. The van der Waals surface area contributed by atoms with Crippen LogP contribution in [0.3, 0.4) is 0 Å². The van der Waals surface area contributed by atoms with Gasteiger partial charge in [0.05, 0.1) is 18.4 Å². The van der Waals surface area contributed by atoms with Crippen molar-refractivity contribution >= 4 is 5.91 Å². The van der Waals surface area contributed by atoms with Crippen LogP contribution in [0.5, 0.6) is 0 Å². The second-order valence-corrected chi connectivity index (χ2v) is 5.22. The van der Waals surface area contributed by atoms with E-state index in [9.17, 15) is 9.18 Å². The highest BCUT2D eigenvalue weighted by molar-refractivity contribution is 5.76. The van der Waals surface area contributed by atoms with Gasteiger partial charge < -0.3 is 4.90 Å². The first-order chi connectivity index (χ1) is 10.2. The third-order valence-corrected chi connectivity index (χ3v) is 3.85. The summed E-state index contributed by atoms with van der Waals surface area (Å²) in [5, 5.41) is 8.23. The Labute approximate surface area is 122 Å². The number of aryl methyl sites for hydroxylation is 1. The summed E-state index contributed by atoms with van der Waals surface area (Å²) in [6.45, 7) is 1.34. The van der Waals surface area contributed by atoms with Crippen molar-refractivity contribution in [3.8, 4) is 0 Å². The maximum absolute atomic E-state index is 13.5. The summed E-state index contributed by atoms with van der Waals surface area (Å²) in [6, 6.07) is 6.75. The lowest BCUT2D eigenvalue weighted by Crippen LogP contribution is -2.29. The van der Waals surface area contributed by atoms with Crippen LogP contribution in [0.4, 0.5) is 4.39 Å². The van der Waals surface area contributed by atoms with Crippen molar-refractivity contribution in [2.75, 3.05) is 13.1 Å². The van der Waals surface area contributed by atoms with Gasteiger partial charge in [0, 0.05) is 19.5 Å². The molecule has 1 aliphatic rings. The molecule has 1 aromatic heterocycles. The van der Waals surface area contributed by atoms with Gasteiger partial charge in [-0.2, -0.15) is 15.0 Å². The quantitative estimate of drug-likeness (QED) is 0.862. The van der Waals surface area contributed by atoms with Crippen molar-refractivity contribution in [2.24, 2.45) is 0 Å². The molecule has 0 saturated carbocycles. The van der Waals surface area contributed by atoms with Gasteiger partial charge in [-0.25, -0.2) is 4.39 Å². The summed E-state index contributed by atoms with van der Waals surface area (Å²) < 4.78 is 13.5. The van der Waals surface area contributed by atoms with Crippen LogP contribution >= 0.6 is 0 Å². The molecule has 1 amide bonds.